The topological polar surface area (TPSA) is 78.9 Å². The quantitative estimate of drug-likeness (QED) is 0.653. The highest BCUT2D eigenvalue weighted by molar-refractivity contribution is 7.91. The lowest BCUT2D eigenvalue weighted by molar-refractivity contribution is -0.144. The Morgan fingerprint density at radius 3 is 2.82 bits per heavy atom. The molecule has 17 heavy (non-hydrogen) atoms. The van der Waals surface area contributed by atoms with Crippen LogP contribution in [0.15, 0.2) is 0 Å². The van der Waals surface area contributed by atoms with Gasteiger partial charge in [0, 0.05) is 5.92 Å². The Bertz CT molecular complexity index is 390. The number of esters is 1. The molecule has 0 aromatic carbocycles. The van der Waals surface area contributed by atoms with E-state index in [9.17, 15) is 13.2 Å². The van der Waals surface area contributed by atoms with Crippen LogP contribution in [-0.2, 0) is 28.8 Å². The molecule has 0 aliphatic carbocycles. The Labute approximate surface area is 100 Å². The van der Waals surface area contributed by atoms with Gasteiger partial charge >= 0.3 is 5.97 Å². The van der Waals surface area contributed by atoms with Crippen LogP contribution < -0.4 is 0 Å². The summed E-state index contributed by atoms with van der Waals surface area (Å²) >= 11 is 0. The van der Waals surface area contributed by atoms with Gasteiger partial charge in [-0.05, 0) is 6.42 Å². The lowest BCUT2D eigenvalue weighted by atomic mass is 10.1. The molecular weight excluding hydrogens is 248 g/mol. The Hall–Kier alpha value is -0.660. The fraction of sp³-hybridized carbons (Fsp3) is 0.900. The maximum Gasteiger partial charge on any atom is 0.308 e. The molecule has 7 heteroatoms. The molecule has 0 N–H and O–H groups in total. The molecule has 2 fully saturated rings. The van der Waals surface area contributed by atoms with Gasteiger partial charge in [-0.2, -0.15) is 0 Å². The zero-order valence-corrected chi connectivity index (χ0v) is 10.4. The molecule has 3 atom stereocenters. The standard InChI is InChI=1S/C10H16O6S/c1-14-9(11)4-8-5-15-10(16-8)7-2-3-17(12,13)6-7/h7-8,10H,2-6H2,1H3. The van der Waals surface area contributed by atoms with Crippen molar-refractivity contribution in [1.29, 1.82) is 0 Å². The molecule has 2 saturated heterocycles. The van der Waals surface area contributed by atoms with Crippen LogP contribution in [0, 0.1) is 5.92 Å². The first-order valence-electron chi connectivity index (χ1n) is 5.54. The van der Waals surface area contributed by atoms with Crippen molar-refractivity contribution in [3.05, 3.63) is 0 Å². The summed E-state index contributed by atoms with van der Waals surface area (Å²) in [6, 6.07) is 0. The largest absolute Gasteiger partial charge is 0.469 e. The third-order valence-electron chi connectivity index (χ3n) is 3.05. The third kappa shape index (κ3) is 3.17. The van der Waals surface area contributed by atoms with Gasteiger partial charge in [0.25, 0.3) is 0 Å². The van der Waals surface area contributed by atoms with E-state index in [1.165, 1.54) is 7.11 Å². The van der Waals surface area contributed by atoms with Gasteiger partial charge in [0.2, 0.25) is 0 Å². The summed E-state index contributed by atoms with van der Waals surface area (Å²) in [7, 11) is -1.61. The lowest BCUT2D eigenvalue weighted by Crippen LogP contribution is -2.24. The monoisotopic (exact) mass is 264 g/mol. The average Bonchev–Trinajstić information content (AvgIpc) is 2.84. The zero-order valence-electron chi connectivity index (χ0n) is 9.63. The summed E-state index contributed by atoms with van der Waals surface area (Å²) in [4.78, 5) is 11.0. The average molecular weight is 264 g/mol. The number of carbonyl (C=O) groups is 1. The Morgan fingerprint density at radius 1 is 1.47 bits per heavy atom. The zero-order chi connectivity index (χ0) is 12.5. The Morgan fingerprint density at radius 2 is 2.24 bits per heavy atom. The number of carbonyl (C=O) groups excluding carboxylic acids is 1. The minimum Gasteiger partial charge on any atom is -0.469 e. The molecule has 0 amide bonds. The van der Waals surface area contributed by atoms with Crippen LogP contribution in [0.1, 0.15) is 12.8 Å². The van der Waals surface area contributed by atoms with Gasteiger partial charge in [0.1, 0.15) is 0 Å². The van der Waals surface area contributed by atoms with Crippen molar-refractivity contribution in [1.82, 2.24) is 0 Å². The molecule has 3 unspecified atom stereocenters. The lowest BCUT2D eigenvalue weighted by Gasteiger charge is -2.16. The molecule has 2 rings (SSSR count). The third-order valence-corrected chi connectivity index (χ3v) is 4.84. The molecular formula is C10H16O6S. The van der Waals surface area contributed by atoms with Crippen molar-refractivity contribution in [2.75, 3.05) is 25.2 Å². The highest BCUT2D eigenvalue weighted by Crippen LogP contribution is 2.29. The number of methoxy groups -OCH3 is 1. The fourth-order valence-corrected chi connectivity index (χ4v) is 3.94. The fourth-order valence-electron chi connectivity index (χ4n) is 2.13. The number of sulfone groups is 1. The molecule has 0 aromatic rings. The second kappa shape index (κ2) is 4.91. The minimum absolute atomic E-state index is 0.109. The van der Waals surface area contributed by atoms with Crippen molar-refractivity contribution in [3.8, 4) is 0 Å². The number of rotatable bonds is 3. The summed E-state index contributed by atoms with van der Waals surface area (Å²) in [6.07, 6.45) is -0.109. The van der Waals surface area contributed by atoms with E-state index in [-0.39, 0.29) is 35.9 Å². The minimum atomic E-state index is -2.93. The predicted molar refractivity (Wildman–Crippen MR) is 58.0 cm³/mol. The van der Waals surface area contributed by atoms with Gasteiger partial charge < -0.3 is 14.2 Å². The van der Waals surface area contributed by atoms with Crippen molar-refractivity contribution in [2.45, 2.75) is 25.2 Å². The molecule has 0 spiro atoms. The molecule has 2 aliphatic heterocycles. The summed E-state index contributed by atoms with van der Waals surface area (Å²) < 4.78 is 38.1. The Kier molecular flexibility index (Phi) is 3.70. The van der Waals surface area contributed by atoms with E-state index in [4.69, 9.17) is 9.47 Å². The highest BCUT2D eigenvalue weighted by atomic mass is 32.2. The van der Waals surface area contributed by atoms with Crippen LogP contribution in [-0.4, -0.2) is 52.0 Å². The molecule has 2 heterocycles. The van der Waals surface area contributed by atoms with Crippen LogP contribution in [0.4, 0.5) is 0 Å². The van der Waals surface area contributed by atoms with Crippen molar-refractivity contribution in [3.63, 3.8) is 0 Å². The molecule has 0 bridgehead atoms. The van der Waals surface area contributed by atoms with Crippen LogP contribution in [0.3, 0.4) is 0 Å². The van der Waals surface area contributed by atoms with Gasteiger partial charge in [0.05, 0.1) is 37.7 Å². The van der Waals surface area contributed by atoms with Gasteiger partial charge in [0.15, 0.2) is 16.1 Å². The van der Waals surface area contributed by atoms with E-state index in [0.717, 1.165) is 0 Å². The number of ether oxygens (including phenoxy) is 3. The van der Waals surface area contributed by atoms with E-state index in [1.54, 1.807) is 0 Å². The maximum absolute atomic E-state index is 11.3. The van der Waals surface area contributed by atoms with Gasteiger partial charge in [-0.25, -0.2) is 8.42 Å². The number of hydrogen-bond acceptors (Lipinski definition) is 6. The first kappa shape index (κ1) is 12.8. The molecule has 98 valence electrons. The van der Waals surface area contributed by atoms with Crippen molar-refractivity contribution in [2.24, 2.45) is 5.92 Å². The smallest absolute Gasteiger partial charge is 0.308 e. The van der Waals surface area contributed by atoms with Gasteiger partial charge in [-0.15, -0.1) is 0 Å². The second-order valence-electron chi connectivity index (χ2n) is 4.40. The first-order valence-corrected chi connectivity index (χ1v) is 7.36. The van der Waals surface area contributed by atoms with E-state index in [2.05, 4.69) is 4.74 Å². The highest BCUT2D eigenvalue weighted by Gasteiger charge is 2.39. The molecule has 0 saturated carbocycles. The molecule has 0 radical (unpaired) electrons. The number of hydrogen-bond donors (Lipinski definition) is 0. The van der Waals surface area contributed by atoms with Crippen molar-refractivity contribution >= 4 is 15.8 Å². The summed E-state index contributed by atoms with van der Waals surface area (Å²) in [5, 5.41) is 0. The predicted octanol–water partition coefficient (Wildman–Crippen LogP) is -0.274. The molecule has 0 aromatic heterocycles. The molecule has 2 aliphatic rings. The normalized spacial score (nSPS) is 35.9. The Balaban J connectivity index is 1.84. The van der Waals surface area contributed by atoms with Crippen LogP contribution in [0.2, 0.25) is 0 Å². The second-order valence-corrected chi connectivity index (χ2v) is 6.63. The van der Waals surface area contributed by atoms with E-state index < -0.39 is 16.1 Å². The summed E-state index contributed by atoms with van der Waals surface area (Å²) in [5.74, 6) is -0.147. The van der Waals surface area contributed by atoms with Crippen LogP contribution >= 0.6 is 0 Å². The van der Waals surface area contributed by atoms with E-state index >= 15 is 0 Å². The SMILES string of the molecule is COC(=O)CC1COC(C2CCS(=O)(=O)C2)O1. The van der Waals surface area contributed by atoms with E-state index in [1.807, 2.05) is 0 Å². The summed E-state index contributed by atoms with van der Waals surface area (Å²) in [5.41, 5.74) is 0. The molecule has 6 nitrogen and oxygen atoms in total. The van der Waals surface area contributed by atoms with Crippen molar-refractivity contribution < 1.29 is 27.4 Å². The summed E-state index contributed by atoms with van der Waals surface area (Å²) in [6.45, 7) is 0.316. The first-order chi connectivity index (χ1) is 8.00. The van der Waals surface area contributed by atoms with Gasteiger partial charge in [-0.1, -0.05) is 0 Å². The van der Waals surface area contributed by atoms with Crippen LogP contribution in [0.25, 0.3) is 0 Å². The maximum atomic E-state index is 11.3. The van der Waals surface area contributed by atoms with E-state index in [0.29, 0.717) is 13.0 Å². The van der Waals surface area contributed by atoms with Gasteiger partial charge in [-0.3, -0.25) is 4.79 Å². The van der Waals surface area contributed by atoms with Crippen LogP contribution in [0.5, 0.6) is 0 Å².